The van der Waals surface area contributed by atoms with E-state index in [4.69, 9.17) is 44.3 Å². The first-order valence-electron chi connectivity index (χ1n) is 11.1. The molecule has 5 aromatic rings. The Bertz CT molecular complexity index is 1670. The molecule has 1 aliphatic rings. The molecule has 0 atom stereocenters. The van der Waals surface area contributed by atoms with Gasteiger partial charge in [-0.2, -0.15) is 18.3 Å². The van der Waals surface area contributed by atoms with Gasteiger partial charge in [0.15, 0.2) is 10.7 Å². The standard InChI is InChI=1S/C24H14Cl3F3N6OS/c1-11-31-33-21(38-11)17-18(20-32-34-22(37-20)23(8-9-23)24(28,29)30)35-36(16-7-6-14(26)10-15(16)27)19(17)12-2-4-13(25)5-3-12/h2-7,10H,8-9H2,1H3. The topological polar surface area (TPSA) is 82.5 Å². The number of hydrogen-bond acceptors (Lipinski definition) is 7. The Kier molecular flexibility index (Phi) is 6.02. The van der Waals surface area contributed by atoms with Crippen molar-refractivity contribution in [2.45, 2.75) is 31.4 Å². The van der Waals surface area contributed by atoms with Crippen LogP contribution in [-0.4, -0.2) is 36.4 Å². The normalized spacial score (nSPS) is 14.7. The third kappa shape index (κ3) is 4.17. The molecule has 0 amide bonds. The molecule has 3 aromatic heterocycles. The fraction of sp³-hybridized carbons (Fsp3) is 0.208. The Morgan fingerprint density at radius 2 is 1.66 bits per heavy atom. The van der Waals surface area contributed by atoms with Gasteiger partial charge in [-0.25, -0.2) is 4.68 Å². The summed E-state index contributed by atoms with van der Waals surface area (Å²) >= 11 is 20.1. The van der Waals surface area contributed by atoms with Gasteiger partial charge in [-0.15, -0.1) is 20.4 Å². The summed E-state index contributed by atoms with van der Waals surface area (Å²) in [4.78, 5) is 0. The van der Waals surface area contributed by atoms with Crippen molar-refractivity contribution < 1.29 is 17.6 Å². The molecule has 0 aliphatic heterocycles. The number of benzene rings is 2. The lowest BCUT2D eigenvalue weighted by atomic mass is 10.1. The summed E-state index contributed by atoms with van der Waals surface area (Å²) in [6, 6.07) is 11.9. The van der Waals surface area contributed by atoms with Crippen LogP contribution in [0.15, 0.2) is 46.9 Å². The number of aromatic nitrogens is 6. The van der Waals surface area contributed by atoms with Crippen molar-refractivity contribution in [1.29, 1.82) is 0 Å². The Morgan fingerprint density at radius 3 is 2.26 bits per heavy atom. The lowest BCUT2D eigenvalue weighted by Crippen LogP contribution is -2.28. The van der Waals surface area contributed by atoms with Gasteiger partial charge in [0.25, 0.3) is 5.89 Å². The van der Waals surface area contributed by atoms with E-state index in [2.05, 4.69) is 20.4 Å². The monoisotopic (exact) mass is 596 g/mol. The van der Waals surface area contributed by atoms with Gasteiger partial charge in [-0.3, -0.25) is 0 Å². The summed E-state index contributed by atoms with van der Waals surface area (Å²) in [5.41, 5.74) is 0.0939. The van der Waals surface area contributed by atoms with Crippen LogP contribution < -0.4 is 0 Å². The van der Waals surface area contributed by atoms with Crippen molar-refractivity contribution in [2.75, 3.05) is 0 Å². The van der Waals surface area contributed by atoms with Crippen LogP contribution in [-0.2, 0) is 5.41 Å². The van der Waals surface area contributed by atoms with E-state index in [1.807, 2.05) is 0 Å². The second-order valence-corrected chi connectivity index (χ2v) is 11.2. The molecular weight excluding hydrogens is 584 g/mol. The summed E-state index contributed by atoms with van der Waals surface area (Å²) < 4.78 is 48.5. The zero-order valence-electron chi connectivity index (χ0n) is 19.2. The Balaban J connectivity index is 1.64. The van der Waals surface area contributed by atoms with Crippen LogP contribution in [0, 0.1) is 6.92 Å². The Morgan fingerprint density at radius 1 is 0.947 bits per heavy atom. The van der Waals surface area contributed by atoms with Gasteiger partial charge in [0.05, 0.1) is 22.0 Å². The molecule has 0 saturated heterocycles. The van der Waals surface area contributed by atoms with E-state index < -0.39 is 17.5 Å². The van der Waals surface area contributed by atoms with E-state index in [1.165, 1.54) is 11.3 Å². The first-order valence-corrected chi connectivity index (χ1v) is 13.1. The predicted molar refractivity (Wildman–Crippen MR) is 138 cm³/mol. The van der Waals surface area contributed by atoms with Crippen LogP contribution in [0.5, 0.6) is 0 Å². The van der Waals surface area contributed by atoms with Crippen LogP contribution in [0.1, 0.15) is 23.7 Å². The number of hydrogen-bond donors (Lipinski definition) is 0. The van der Waals surface area contributed by atoms with Crippen LogP contribution in [0.2, 0.25) is 15.1 Å². The lowest BCUT2D eigenvalue weighted by Gasteiger charge is -2.14. The molecule has 1 saturated carbocycles. The van der Waals surface area contributed by atoms with Crippen LogP contribution in [0.3, 0.4) is 0 Å². The maximum absolute atomic E-state index is 13.8. The molecule has 6 rings (SSSR count). The maximum Gasteiger partial charge on any atom is 0.403 e. The molecular formula is C24H14Cl3F3N6OS. The Labute approximate surface area is 232 Å². The lowest BCUT2D eigenvalue weighted by molar-refractivity contribution is -0.165. The second kappa shape index (κ2) is 9.04. The Hall–Kier alpha value is -2.99. The van der Waals surface area contributed by atoms with Crippen molar-refractivity contribution in [1.82, 2.24) is 30.2 Å². The summed E-state index contributed by atoms with van der Waals surface area (Å²) in [6.45, 7) is 1.79. The van der Waals surface area contributed by atoms with Gasteiger partial charge in [0.2, 0.25) is 5.89 Å². The van der Waals surface area contributed by atoms with Gasteiger partial charge >= 0.3 is 6.18 Å². The largest absolute Gasteiger partial charge is 0.418 e. The summed E-state index contributed by atoms with van der Waals surface area (Å²) in [5.74, 6) is -0.677. The van der Waals surface area contributed by atoms with Gasteiger partial charge in [0.1, 0.15) is 10.4 Å². The highest BCUT2D eigenvalue weighted by molar-refractivity contribution is 7.14. The van der Waals surface area contributed by atoms with Crippen LogP contribution in [0.25, 0.3) is 39.1 Å². The van der Waals surface area contributed by atoms with E-state index in [1.54, 1.807) is 54.1 Å². The molecule has 1 fully saturated rings. The maximum atomic E-state index is 13.8. The first kappa shape index (κ1) is 25.3. The fourth-order valence-corrected chi connectivity index (χ4v) is 5.48. The number of rotatable bonds is 5. The van der Waals surface area contributed by atoms with Gasteiger partial charge in [0, 0.05) is 15.6 Å². The number of nitrogens with zero attached hydrogens (tertiary/aromatic N) is 6. The van der Waals surface area contributed by atoms with E-state index >= 15 is 0 Å². The molecule has 0 radical (unpaired) electrons. The summed E-state index contributed by atoms with van der Waals surface area (Å²) in [5, 5.41) is 23.3. The average Bonchev–Trinajstić information content (AvgIpc) is 3.18. The van der Waals surface area contributed by atoms with E-state index in [9.17, 15) is 13.2 Å². The highest BCUT2D eigenvalue weighted by Crippen LogP contribution is 2.58. The highest BCUT2D eigenvalue weighted by atomic mass is 35.5. The zero-order valence-corrected chi connectivity index (χ0v) is 22.3. The second-order valence-electron chi connectivity index (χ2n) is 8.71. The van der Waals surface area contributed by atoms with Crippen LogP contribution in [0.4, 0.5) is 13.2 Å². The molecule has 0 N–H and O–H groups in total. The molecule has 38 heavy (non-hydrogen) atoms. The van der Waals surface area contributed by atoms with Gasteiger partial charge < -0.3 is 4.42 Å². The smallest absolute Gasteiger partial charge is 0.403 e. The quantitative estimate of drug-likeness (QED) is 0.204. The number of alkyl halides is 3. The van der Waals surface area contributed by atoms with E-state index in [0.717, 1.165) is 0 Å². The molecule has 0 unspecified atom stereocenters. The van der Waals surface area contributed by atoms with Crippen molar-refractivity contribution in [3.05, 3.63) is 68.4 Å². The fourth-order valence-electron chi connectivity index (χ4n) is 4.13. The molecule has 14 heteroatoms. The number of aryl methyl sites for hydroxylation is 1. The average molecular weight is 598 g/mol. The molecule has 3 heterocycles. The van der Waals surface area contributed by atoms with Crippen molar-refractivity contribution in [3.63, 3.8) is 0 Å². The molecule has 0 spiro atoms. The van der Waals surface area contributed by atoms with Crippen molar-refractivity contribution in [3.8, 4) is 39.1 Å². The number of halogens is 6. The predicted octanol–water partition coefficient (Wildman–Crippen LogP) is 7.97. The van der Waals surface area contributed by atoms with Crippen LogP contribution >= 0.6 is 46.1 Å². The minimum absolute atomic E-state index is 0.120. The molecule has 1 aliphatic carbocycles. The van der Waals surface area contributed by atoms with Gasteiger partial charge in [-0.05, 0) is 50.1 Å². The minimum Gasteiger partial charge on any atom is -0.418 e. The third-order valence-corrected chi connectivity index (χ3v) is 7.86. The SMILES string of the molecule is Cc1nnc(-c2c(-c3nnc(C4(C(F)(F)F)CC4)o3)nn(-c3ccc(Cl)cc3Cl)c2-c2ccc(Cl)cc2)s1. The highest BCUT2D eigenvalue weighted by Gasteiger charge is 2.68. The molecule has 0 bridgehead atoms. The van der Waals surface area contributed by atoms with Crippen molar-refractivity contribution in [2.24, 2.45) is 0 Å². The van der Waals surface area contributed by atoms with E-state index in [-0.39, 0.29) is 24.4 Å². The molecule has 7 nitrogen and oxygen atoms in total. The summed E-state index contributed by atoms with van der Waals surface area (Å²) in [7, 11) is 0. The minimum atomic E-state index is -4.51. The van der Waals surface area contributed by atoms with Gasteiger partial charge in [-0.1, -0.05) is 58.3 Å². The van der Waals surface area contributed by atoms with Crippen molar-refractivity contribution >= 4 is 46.1 Å². The first-order chi connectivity index (χ1) is 18.1. The summed E-state index contributed by atoms with van der Waals surface area (Å²) in [6.07, 6.45) is -4.75. The molecule has 2 aromatic carbocycles. The third-order valence-electron chi connectivity index (χ3n) is 6.21. The van der Waals surface area contributed by atoms with E-state index in [0.29, 0.717) is 47.6 Å². The zero-order chi connectivity index (χ0) is 26.8. The molecule has 194 valence electrons.